The van der Waals surface area contributed by atoms with Crippen molar-refractivity contribution in [2.45, 2.75) is 12.5 Å². The highest BCUT2D eigenvalue weighted by Gasteiger charge is 2.21. The molecular weight excluding hydrogens is 234 g/mol. The van der Waals surface area contributed by atoms with E-state index in [0.29, 0.717) is 0 Å². The van der Waals surface area contributed by atoms with Crippen LogP contribution in [0.4, 0.5) is 0 Å². The first-order chi connectivity index (χ1) is 7.67. The number of nitrogens with one attached hydrogen (secondary N) is 2. The van der Waals surface area contributed by atoms with Crippen molar-refractivity contribution in [3.8, 4) is 0 Å². The van der Waals surface area contributed by atoms with Crippen LogP contribution in [0, 0.1) is 0 Å². The molecule has 16 heavy (non-hydrogen) atoms. The molecular formula is C9H12ClN3O3. The highest BCUT2D eigenvalue weighted by molar-refractivity contribution is 6.27. The lowest BCUT2D eigenvalue weighted by Gasteiger charge is -2.14. The molecule has 0 spiro atoms. The van der Waals surface area contributed by atoms with E-state index in [1.807, 2.05) is 0 Å². The molecule has 88 valence electrons. The Morgan fingerprint density at radius 1 is 1.69 bits per heavy atom. The van der Waals surface area contributed by atoms with Crippen LogP contribution in [0.25, 0.3) is 0 Å². The molecule has 0 fully saturated rings. The van der Waals surface area contributed by atoms with E-state index in [4.69, 9.17) is 11.6 Å². The number of aromatic amines is 1. The van der Waals surface area contributed by atoms with E-state index in [1.54, 1.807) is 6.20 Å². The van der Waals surface area contributed by atoms with E-state index in [-0.39, 0.29) is 12.3 Å². The van der Waals surface area contributed by atoms with Crippen LogP contribution >= 0.6 is 11.6 Å². The number of halogens is 1. The van der Waals surface area contributed by atoms with Crippen molar-refractivity contribution in [1.29, 1.82) is 0 Å². The van der Waals surface area contributed by atoms with Gasteiger partial charge in [0, 0.05) is 18.3 Å². The molecule has 0 aliphatic heterocycles. The number of imidazole rings is 1. The summed E-state index contributed by atoms with van der Waals surface area (Å²) < 4.78 is 4.58. The van der Waals surface area contributed by atoms with E-state index < -0.39 is 17.9 Å². The zero-order valence-electron chi connectivity index (χ0n) is 8.70. The Bertz CT molecular complexity index is 353. The molecule has 1 aromatic heterocycles. The lowest BCUT2D eigenvalue weighted by atomic mass is 10.1. The van der Waals surface area contributed by atoms with Gasteiger partial charge in [-0.1, -0.05) is 0 Å². The lowest BCUT2D eigenvalue weighted by Crippen LogP contribution is -2.43. The van der Waals surface area contributed by atoms with Crippen LogP contribution in [-0.4, -0.2) is 40.9 Å². The van der Waals surface area contributed by atoms with Crippen LogP contribution in [0.5, 0.6) is 0 Å². The Labute approximate surface area is 97.3 Å². The Morgan fingerprint density at radius 3 is 2.94 bits per heavy atom. The SMILES string of the molecule is COC(=O)C(Cc1cnc[nH]1)NC(=O)CCl. The van der Waals surface area contributed by atoms with E-state index in [9.17, 15) is 9.59 Å². The molecule has 0 saturated carbocycles. The average Bonchev–Trinajstić information content (AvgIpc) is 2.79. The van der Waals surface area contributed by atoms with Gasteiger partial charge < -0.3 is 15.0 Å². The molecule has 0 aliphatic carbocycles. The summed E-state index contributed by atoms with van der Waals surface area (Å²) in [4.78, 5) is 29.1. The maximum absolute atomic E-state index is 11.4. The molecule has 0 aliphatic rings. The molecule has 7 heteroatoms. The van der Waals surface area contributed by atoms with E-state index >= 15 is 0 Å². The predicted octanol–water partition coefficient (Wildman–Crippen LogP) is -0.151. The molecule has 1 atom stereocenters. The Kier molecular flexibility index (Phi) is 4.78. The van der Waals surface area contributed by atoms with Crippen LogP contribution in [0.1, 0.15) is 5.69 Å². The molecule has 0 bridgehead atoms. The minimum atomic E-state index is -0.753. The fourth-order valence-corrected chi connectivity index (χ4v) is 1.26. The minimum Gasteiger partial charge on any atom is -0.467 e. The van der Waals surface area contributed by atoms with Gasteiger partial charge in [-0.2, -0.15) is 0 Å². The largest absolute Gasteiger partial charge is 0.467 e. The van der Waals surface area contributed by atoms with Gasteiger partial charge in [-0.3, -0.25) is 4.79 Å². The Morgan fingerprint density at radius 2 is 2.44 bits per heavy atom. The molecule has 1 rings (SSSR count). The maximum atomic E-state index is 11.4. The molecule has 1 heterocycles. The second-order valence-corrected chi connectivity index (χ2v) is 3.33. The summed E-state index contributed by atoms with van der Waals surface area (Å²) in [5.41, 5.74) is 0.727. The van der Waals surface area contributed by atoms with Gasteiger partial charge in [0.2, 0.25) is 5.91 Å². The highest BCUT2D eigenvalue weighted by atomic mass is 35.5. The molecule has 0 radical (unpaired) electrons. The van der Waals surface area contributed by atoms with Gasteiger partial charge in [-0.05, 0) is 0 Å². The molecule has 0 aromatic carbocycles. The molecule has 1 aromatic rings. The van der Waals surface area contributed by atoms with Crippen LogP contribution in [-0.2, 0) is 20.7 Å². The average molecular weight is 246 g/mol. The van der Waals surface area contributed by atoms with Gasteiger partial charge in [-0.15, -0.1) is 11.6 Å². The number of hydrogen-bond acceptors (Lipinski definition) is 4. The summed E-state index contributed by atoms with van der Waals surface area (Å²) in [5.74, 6) is -1.14. The molecule has 6 nitrogen and oxygen atoms in total. The van der Waals surface area contributed by atoms with E-state index in [1.165, 1.54) is 13.4 Å². The summed E-state index contributed by atoms with van der Waals surface area (Å²) >= 11 is 5.34. The summed E-state index contributed by atoms with van der Waals surface area (Å²) in [6.07, 6.45) is 3.35. The second kappa shape index (κ2) is 6.12. The molecule has 1 amide bonds. The van der Waals surface area contributed by atoms with Gasteiger partial charge in [0.15, 0.2) is 0 Å². The summed E-state index contributed by atoms with van der Waals surface area (Å²) in [7, 11) is 1.26. The number of alkyl halides is 1. The molecule has 1 unspecified atom stereocenters. The van der Waals surface area contributed by atoms with Crippen molar-refractivity contribution in [2.75, 3.05) is 13.0 Å². The quantitative estimate of drug-likeness (QED) is 0.558. The van der Waals surface area contributed by atoms with Crippen molar-refractivity contribution in [3.05, 3.63) is 18.2 Å². The second-order valence-electron chi connectivity index (χ2n) is 3.06. The van der Waals surface area contributed by atoms with Crippen LogP contribution in [0.15, 0.2) is 12.5 Å². The fourth-order valence-electron chi connectivity index (χ4n) is 1.18. The molecule has 0 saturated heterocycles. The zero-order valence-corrected chi connectivity index (χ0v) is 9.45. The van der Waals surface area contributed by atoms with Crippen LogP contribution < -0.4 is 5.32 Å². The van der Waals surface area contributed by atoms with E-state index in [2.05, 4.69) is 20.0 Å². The number of rotatable bonds is 5. The number of ether oxygens (including phenoxy) is 1. The number of aromatic nitrogens is 2. The van der Waals surface area contributed by atoms with E-state index in [0.717, 1.165) is 5.69 Å². The number of methoxy groups -OCH3 is 1. The number of nitrogens with zero attached hydrogens (tertiary/aromatic N) is 1. The van der Waals surface area contributed by atoms with Gasteiger partial charge in [-0.25, -0.2) is 9.78 Å². The number of esters is 1. The normalized spacial score (nSPS) is 11.9. The van der Waals surface area contributed by atoms with Crippen LogP contribution in [0.2, 0.25) is 0 Å². The lowest BCUT2D eigenvalue weighted by molar-refractivity contribution is -0.144. The van der Waals surface area contributed by atoms with Crippen molar-refractivity contribution in [1.82, 2.24) is 15.3 Å². The number of carbonyl (C=O) groups excluding carboxylic acids is 2. The van der Waals surface area contributed by atoms with Crippen molar-refractivity contribution >= 4 is 23.5 Å². The van der Waals surface area contributed by atoms with Crippen molar-refractivity contribution < 1.29 is 14.3 Å². The van der Waals surface area contributed by atoms with Crippen molar-refractivity contribution in [2.24, 2.45) is 0 Å². The van der Waals surface area contributed by atoms with Gasteiger partial charge >= 0.3 is 5.97 Å². The standard InChI is InChI=1S/C9H12ClN3O3/c1-16-9(15)7(13-8(14)3-10)2-6-4-11-5-12-6/h4-5,7H,2-3H2,1H3,(H,11,12)(H,13,14). The fraction of sp³-hybridized carbons (Fsp3) is 0.444. The van der Waals surface area contributed by atoms with Crippen LogP contribution in [0.3, 0.4) is 0 Å². The third-order valence-corrected chi connectivity index (χ3v) is 2.16. The third kappa shape index (κ3) is 3.54. The smallest absolute Gasteiger partial charge is 0.328 e. The summed E-state index contributed by atoms with van der Waals surface area (Å²) in [6, 6.07) is -0.753. The number of H-pyrrole nitrogens is 1. The minimum absolute atomic E-state index is 0.198. The summed E-state index contributed by atoms with van der Waals surface area (Å²) in [6.45, 7) is 0. The van der Waals surface area contributed by atoms with Gasteiger partial charge in [0.25, 0.3) is 0 Å². The predicted molar refractivity (Wildman–Crippen MR) is 57.0 cm³/mol. The number of carbonyl (C=O) groups is 2. The van der Waals surface area contributed by atoms with Crippen molar-refractivity contribution in [3.63, 3.8) is 0 Å². The van der Waals surface area contributed by atoms with Gasteiger partial charge in [0.05, 0.1) is 13.4 Å². The number of hydrogen-bond donors (Lipinski definition) is 2. The maximum Gasteiger partial charge on any atom is 0.328 e. The monoisotopic (exact) mass is 245 g/mol. The number of amides is 1. The zero-order chi connectivity index (χ0) is 12.0. The first kappa shape index (κ1) is 12.5. The highest BCUT2D eigenvalue weighted by Crippen LogP contribution is 2.00. The first-order valence-electron chi connectivity index (χ1n) is 4.57. The first-order valence-corrected chi connectivity index (χ1v) is 5.11. The third-order valence-electron chi connectivity index (χ3n) is 1.92. The van der Waals surface area contributed by atoms with Gasteiger partial charge in [0.1, 0.15) is 11.9 Å². The molecule has 2 N–H and O–H groups in total. The topological polar surface area (TPSA) is 84.1 Å². The Hall–Kier alpha value is -1.56. The summed E-state index contributed by atoms with van der Waals surface area (Å²) in [5, 5.41) is 2.46. The Balaban J connectivity index is 2.64.